The van der Waals surface area contributed by atoms with Crippen LogP contribution in [0.3, 0.4) is 0 Å². The predicted octanol–water partition coefficient (Wildman–Crippen LogP) is 3.00. The van der Waals surface area contributed by atoms with E-state index in [0.29, 0.717) is 19.6 Å². The number of sulfonamides is 1. The Morgan fingerprint density at radius 2 is 1.92 bits per heavy atom. The van der Waals surface area contributed by atoms with Crippen molar-refractivity contribution in [3.05, 3.63) is 36.3 Å². The first kappa shape index (κ1) is 26.0. The molecular formula is C20H22F3N7O4S2. The van der Waals surface area contributed by atoms with E-state index >= 15 is 0 Å². The van der Waals surface area contributed by atoms with Gasteiger partial charge in [-0.05, 0) is 19.1 Å². The molecule has 36 heavy (non-hydrogen) atoms. The number of rotatable bonds is 7. The number of thiazole rings is 1. The number of aromatic nitrogens is 3. The number of carboxylic acid groups (broad SMARTS) is 1. The molecule has 2 aromatic heterocycles. The van der Waals surface area contributed by atoms with E-state index in [1.807, 2.05) is 17.1 Å². The fraction of sp³-hybridized carbons (Fsp3) is 0.400. The number of para-hydroxylation sites is 1. The summed E-state index contributed by atoms with van der Waals surface area (Å²) in [5.74, 6) is 0.288. The van der Waals surface area contributed by atoms with E-state index < -0.39 is 27.9 Å². The molecule has 0 saturated carbocycles. The molecule has 1 aromatic carbocycles. The van der Waals surface area contributed by atoms with E-state index in [0.717, 1.165) is 29.9 Å². The standard InChI is InChI=1S/C20H22F3N7O4S2/c1-12(27-17-13-3-2-4-14(20(21,22)23)16(13)25-11-26-17)10-29-5-7-30(8-6-29)36(33,34)15-9-24-18(35-15)28-19(31)32/h2-4,9,11-12H,5-8,10H2,1H3,(H,24,28)(H,31,32)(H,25,26,27)/t12-/m0/s1. The first-order valence-electron chi connectivity index (χ1n) is 10.7. The second-order valence-electron chi connectivity index (χ2n) is 8.09. The van der Waals surface area contributed by atoms with Crippen molar-refractivity contribution in [3.63, 3.8) is 0 Å². The van der Waals surface area contributed by atoms with Crippen LogP contribution < -0.4 is 10.6 Å². The van der Waals surface area contributed by atoms with Gasteiger partial charge >= 0.3 is 12.3 Å². The van der Waals surface area contributed by atoms with Crippen LogP contribution in [-0.4, -0.2) is 82.5 Å². The van der Waals surface area contributed by atoms with Gasteiger partial charge in [0.25, 0.3) is 10.0 Å². The third kappa shape index (κ3) is 5.66. The molecule has 194 valence electrons. The highest BCUT2D eigenvalue weighted by Gasteiger charge is 2.34. The molecule has 0 spiro atoms. The second-order valence-corrected chi connectivity index (χ2v) is 11.3. The molecule has 1 fully saturated rings. The van der Waals surface area contributed by atoms with Crippen LogP contribution in [0, 0.1) is 0 Å². The summed E-state index contributed by atoms with van der Waals surface area (Å²) >= 11 is 0.739. The van der Waals surface area contributed by atoms with Crippen LogP contribution in [0.1, 0.15) is 12.5 Å². The van der Waals surface area contributed by atoms with Crippen LogP contribution in [-0.2, 0) is 16.2 Å². The maximum atomic E-state index is 13.3. The van der Waals surface area contributed by atoms with E-state index in [1.165, 1.54) is 16.4 Å². The molecule has 1 aliphatic heterocycles. The normalized spacial score (nSPS) is 16.7. The van der Waals surface area contributed by atoms with Gasteiger partial charge in [0.05, 0.1) is 17.3 Å². The molecule has 3 N–H and O–H groups in total. The first-order valence-corrected chi connectivity index (χ1v) is 13.0. The predicted molar refractivity (Wildman–Crippen MR) is 127 cm³/mol. The summed E-state index contributed by atoms with van der Waals surface area (Å²) < 4.78 is 67.0. The van der Waals surface area contributed by atoms with Crippen LogP contribution in [0.2, 0.25) is 0 Å². The minimum atomic E-state index is -4.54. The number of benzene rings is 1. The van der Waals surface area contributed by atoms with Crippen molar-refractivity contribution >= 4 is 49.3 Å². The molecule has 1 aliphatic rings. The molecule has 1 saturated heterocycles. The lowest BCUT2D eigenvalue weighted by Gasteiger charge is -2.35. The van der Waals surface area contributed by atoms with Crippen molar-refractivity contribution in [1.82, 2.24) is 24.2 Å². The van der Waals surface area contributed by atoms with Gasteiger partial charge in [0.1, 0.15) is 12.1 Å². The molecule has 11 nitrogen and oxygen atoms in total. The highest BCUT2D eigenvalue weighted by Crippen LogP contribution is 2.35. The number of anilines is 2. The Bertz CT molecular complexity index is 1360. The van der Waals surface area contributed by atoms with Crippen molar-refractivity contribution < 1.29 is 31.5 Å². The van der Waals surface area contributed by atoms with Crippen molar-refractivity contribution in [2.24, 2.45) is 0 Å². The summed E-state index contributed by atoms with van der Waals surface area (Å²) in [5.41, 5.74) is -1.01. The second kappa shape index (κ2) is 10.1. The molecule has 4 rings (SSSR count). The Morgan fingerprint density at radius 3 is 2.58 bits per heavy atom. The van der Waals surface area contributed by atoms with Gasteiger partial charge < -0.3 is 10.4 Å². The van der Waals surface area contributed by atoms with E-state index in [-0.39, 0.29) is 45.2 Å². The number of amides is 1. The Balaban J connectivity index is 1.37. The molecule has 16 heteroatoms. The lowest BCUT2D eigenvalue weighted by Crippen LogP contribution is -2.50. The summed E-state index contributed by atoms with van der Waals surface area (Å²) in [7, 11) is -3.81. The van der Waals surface area contributed by atoms with Crippen LogP contribution in [0.25, 0.3) is 10.9 Å². The minimum absolute atomic E-state index is 0.0285. The Hall–Kier alpha value is -3.08. The zero-order valence-electron chi connectivity index (χ0n) is 18.9. The van der Waals surface area contributed by atoms with Gasteiger partial charge in [-0.3, -0.25) is 10.2 Å². The number of fused-ring (bicyclic) bond motifs is 1. The number of hydrogen-bond acceptors (Lipinski definition) is 9. The highest BCUT2D eigenvalue weighted by molar-refractivity contribution is 7.91. The monoisotopic (exact) mass is 545 g/mol. The van der Waals surface area contributed by atoms with Crippen molar-refractivity contribution in [3.8, 4) is 0 Å². The van der Waals surface area contributed by atoms with Gasteiger partial charge in [0.15, 0.2) is 9.34 Å². The third-order valence-corrected chi connectivity index (χ3v) is 8.76. The molecular weight excluding hydrogens is 523 g/mol. The number of carbonyl (C=O) groups is 1. The van der Waals surface area contributed by atoms with E-state index in [1.54, 1.807) is 0 Å². The van der Waals surface area contributed by atoms with Gasteiger partial charge in [-0.25, -0.2) is 28.2 Å². The topological polar surface area (TPSA) is 141 Å². The first-order chi connectivity index (χ1) is 16.9. The van der Waals surface area contributed by atoms with Crippen molar-refractivity contribution in [2.45, 2.75) is 23.4 Å². The molecule has 3 aromatic rings. The summed E-state index contributed by atoms with van der Waals surface area (Å²) in [6.07, 6.45) is -3.66. The van der Waals surface area contributed by atoms with Crippen molar-refractivity contribution in [2.75, 3.05) is 43.4 Å². The van der Waals surface area contributed by atoms with Crippen LogP contribution >= 0.6 is 11.3 Å². The van der Waals surface area contributed by atoms with Gasteiger partial charge in [-0.1, -0.05) is 17.4 Å². The van der Waals surface area contributed by atoms with E-state index in [9.17, 15) is 26.4 Å². The third-order valence-electron chi connectivity index (χ3n) is 5.51. The smallest absolute Gasteiger partial charge is 0.418 e. The largest absolute Gasteiger partial charge is 0.465 e. The molecule has 0 bridgehead atoms. The number of halogens is 3. The zero-order valence-corrected chi connectivity index (χ0v) is 20.5. The fourth-order valence-electron chi connectivity index (χ4n) is 3.91. The van der Waals surface area contributed by atoms with Crippen molar-refractivity contribution in [1.29, 1.82) is 0 Å². The molecule has 0 radical (unpaired) electrons. The number of nitrogens with zero attached hydrogens (tertiary/aromatic N) is 5. The molecule has 0 aliphatic carbocycles. The van der Waals surface area contributed by atoms with Gasteiger partial charge in [0.2, 0.25) is 0 Å². The van der Waals surface area contributed by atoms with E-state index in [2.05, 4.69) is 20.3 Å². The van der Waals surface area contributed by atoms with Crippen LogP contribution in [0.4, 0.5) is 28.9 Å². The van der Waals surface area contributed by atoms with Gasteiger partial charge in [0, 0.05) is 44.2 Å². The molecule has 1 atom stereocenters. The quantitative estimate of drug-likeness (QED) is 0.409. The molecule has 1 amide bonds. The number of nitrogens with one attached hydrogen (secondary N) is 2. The van der Waals surface area contributed by atoms with Gasteiger partial charge in [-0.2, -0.15) is 17.5 Å². The molecule has 3 heterocycles. The maximum absolute atomic E-state index is 13.3. The Morgan fingerprint density at radius 1 is 1.19 bits per heavy atom. The SMILES string of the molecule is C[C@@H](CN1CCN(S(=O)(=O)c2cnc(NC(=O)O)s2)CC1)Nc1ncnc2c(C(F)(F)F)cccc12. The average molecular weight is 546 g/mol. The number of piperazine rings is 1. The Labute approximate surface area is 208 Å². The zero-order chi connectivity index (χ0) is 26.1. The highest BCUT2D eigenvalue weighted by atomic mass is 32.2. The number of hydrogen-bond donors (Lipinski definition) is 3. The summed E-state index contributed by atoms with van der Waals surface area (Å²) in [6, 6.07) is 3.62. The summed E-state index contributed by atoms with van der Waals surface area (Å²) in [6.45, 7) is 3.69. The summed E-state index contributed by atoms with van der Waals surface area (Å²) in [4.78, 5) is 24.5. The molecule has 0 unspecified atom stereocenters. The van der Waals surface area contributed by atoms with Gasteiger partial charge in [-0.15, -0.1) is 0 Å². The minimum Gasteiger partial charge on any atom is -0.465 e. The lowest BCUT2D eigenvalue weighted by molar-refractivity contribution is -0.136. The lowest BCUT2D eigenvalue weighted by atomic mass is 10.1. The Kier molecular flexibility index (Phi) is 7.31. The van der Waals surface area contributed by atoms with Crippen LogP contribution in [0.5, 0.6) is 0 Å². The van der Waals surface area contributed by atoms with Crippen LogP contribution in [0.15, 0.2) is 34.9 Å². The average Bonchev–Trinajstić information content (AvgIpc) is 3.27. The van der Waals surface area contributed by atoms with E-state index in [4.69, 9.17) is 5.11 Å². The number of alkyl halides is 3. The maximum Gasteiger partial charge on any atom is 0.418 e. The summed E-state index contributed by atoms with van der Waals surface area (Å²) in [5, 5.41) is 14.2. The fourth-order valence-corrected chi connectivity index (χ4v) is 6.50.